The van der Waals surface area contributed by atoms with Crippen LogP contribution in [0, 0.1) is 0 Å². The number of carbonyl (C=O) groups is 2. The molecule has 3 N–H and O–H groups in total. The Morgan fingerprint density at radius 3 is 2.55 bits per heavy atom. The van der Waals surface area contributed by atoms with E-state index in [1.54, 1.807) is 49.6 Å². The van der Waals surface area contributed by atoms with Crippen LogP contribution in [0.3, 0.4) is 0 Å². The molecular formula is C24H25N5O4. The van der Waals surface area contributed by atoms with E-state index >= 15 is 0 Å². The van der Waals surface area contributed by atoms with E-state index in [1.807, 2.05) is 6.07 Å². The lowest BCUT2D eigenvalue weighted by Gasteiger charge is -2.11. The van der Waals surface area contributed by atoms with Gasteiger partial charge in [0.2, 0.25) is 0 Å². The van der Waals surface area contributed by atoms with Crippen LogP contribution in [-0.4, -0.2) is 33.7 Å². The van der Waals surface area contributed by atoms with Crippen molar-refractivity contribution in [2.24, 2.45) is 0 Å². The zero-order chi connectivity index (χ0) is 23.4. The molecule has 170 valence electrons. The minimum absolute atomic E-state index is 0.0726. The number of benzene rings is 2. The molecule has 9 nitrogen and oxygen atoms in total. The van der Waals surface area contributed by atoms with Crippen molar-refractivity contribution >= 4 is 33.5 Å². The molecule has 0 saturated carbocycles. The molecule has 4 aromatic rings. The van der Waals surface area contributed by atoms with Gasteiger partial charge in [-0.05, 0) is 30.7 Å². The highest BCUT2D eigenvalue weighted by Gasteiger charge is 2.18. The van der Waals surface area contributed by atoms with Gasteiger partial charge >= 0.3 is 0 Å². The van der Waals surface area contributed by atoms with Crippen LogP contribution in [0.25, 0.3) is 21.7 Å². The van der Waals surface area contributed by atoms with Crippen molar-refractivity contribution in [3.8, 4) is 5.75 Å². The first kappa shape index (κ1) is 22.1. The number of methoxy groups -OCH3 is 1. The summed E-state index contributed by atoms with van der Waals surface area (Å²) in [5, 5.41) is 5.97. The number of nitrogens with one attached hydrogen (secondary N) is 3. The van der Waals surface area contributed by atoms with Gasteiger partial charge in [-0.25, -0.2) is 4.68 Å². The number of ether oxygens (including phenoxy) is 1. The minimum atomic E-state index is -0.610. The molecule has 0 atom stereocenters. The number of hydrogen-bond donors (Lipinski definition) is 3. The monoisotopic (exact) mass is 447 g/mol. The predicted octanol–water partition coefficient (Wildman–Crippen LogP) is 3.15. The molecule has 2 aromatic heterocycles. The van der Waals surface area contributed by atoms with Crippen molar-refractivity contribution in [2.75, 3.05) is 7.11 Å². The number of H-pyrrole nitrogens is 1. The summed E-state index contributed by atoms with van der Waals surface area (Å²) in [5.74, 6) is -0.461. The van der Waals surface area contributed by atoms with Crippen LogP contribution in [0.4, 0.5) is 0 Å². The van der Waals surface area contributed by atoms with Crippen molar-refractivity contribution in [2.45, 2.75) is 32.7 Å². The average Bonchev–Trinajstić information content (AvgIpc) is 3.27. The van der Waals surface area contributed by atoms with E-state index in [1.165, 1.54) is 4.68 Å². The highest BCUT2D eigenvalue weighted by atomic mass is 16.5. The van der Waals surface area contributed by atoms with E-state index in [-0.39, 0.29) is 16.9 Å². The number of nitrogens with zero attached hydrogens (tertiary/aromatic N) is 2. The van der Waals surface area contributed by atoms with Crippen LogP contribution in [0.5, 0.6) is 5.75 Å². The molecule has 0 unspecified atom stereocenters. The molecule has 9 heteroatoms. The van der Waals surface area contributed by atoms with Crippen LogP contribution >= 0.6 is 0 Å². The van der Waals surface area contributed by atoms with Gasteiger partial charge in [0.15, 0.2) is 5.69 Å². The van der Waals surface area contributed by atoms with E-state index < -0.39 is 11.8 Å². The number of amides is 2. The molecule has 0 aliphatic heterocycles. The maximum Gasteiger partial charge on any atom is 0.290 e. The standard InChI is InChI=1S/C24H25N5O4/c1-3-4-7-12-29-24(32)18-9-6-5-8-17(18)21(28-29)23(31)27-26-22(30)20-13-15-10-11-16(33-2)14-19(15)25-20/h5-6,8-11,13-14,25H,3-4,7,12H2,1-2H3,(H,26,30)(H,27,31). The van der Waals surface area contributed by atoms with Crippen LogP contribution in [-0.2, 0) is 6.54 Å². The molecule has 0 spiro atoms. The number of aromatic nitrogens is 3. The summed E-state index contributed by atoms with van der Waals surface area (Å²) >= 11 is 0. The number of fused-ring (bicyclic) bond motifs is 2. The third-order valence-corrected chi connectivity index (χ3v) is 5.42. The van der Waals surface area contributed by atoms with E-state index in [0.29, 0.717) is 23.1 Å². The second-order valence-electron chi connectivity index (χ2n) is 7.67. The highest BCUT2D eigenvalue weighted by Crippen LogP contribution is 2.21. The van der Waals surface area contributed by atoms with Crippen molar-refractivity contribution < 1.29 is 14.3 Å². The summed E-state index contributed by atoms with van der Waals surface area (Å²) in [5.41, 5.74) is 5.66. The second kappa shape index (κ2) is 9.56. The fraction of sp³-hybridized carbons (Fsp3) is 0.250. The summed E-state index contributed by atoms with van der Waals surface area (Å²) in [6.07, 6.45) is 2.74. The lowest BCUT2D eigenvalue weighted by molar-refractivity contribution is 0.0841. The predicted molar refractivity (Wildman–Crippen MR) is 125 cm³/mol. The molecule has 2 aromatic carbocycles. The zero-order valence-corrected chi connectivity index (χ0v) is 18.5. The van der Waals surface area contributed by atoms with Gasteiger partial charge in [0, 0.05) is 28.9 Å². The Morgan fingerprint density at radius 1 is 1.03 bits per heavy atom. The molecule has 0 fully saturated rings. The van der Waals surface area contributed by atoms with Gasteiger partial charge in [-0.1, -0.05) is 38.0 Å². The molecule has 0 bridgehead atoms. The minimum Gasteiger partial charge on any atom is -0.497 e. The molecule has 33 heavy (non-hydrogen) atoms. The topological polar surface area (TPSA) is 118 Å². The number of aromatic amines is 1. The summed E-state index contributed by atoms with van der Waals surface area (Å²) in [6, 6.07) is 13.9. The number of unbranched alkanes of at least 4 members (excludes halogenated alkanes) is 2. The van der Waals surface area contributed by atoms with Crippen molar-refractivity contribution in [1.82, 2.24) is 25.6 Å². The molecule has 0 aliphatic rings. The fourth-order valence-corrected chi connectivity index (χ4v) is 3.66. The van der Waals surface area contributed by atoms with Crippen molar-refractivity contribution in [1.29, 1.82) is 0 Å². The zero-order valence-electron chi connectivity index (χ0n) is 18.5. The molecule has 4 rings (SSSR count). The first-order valence-electron chi connectivity index (χ1n) is 10.8. The van der Waals surface area contributed by atoms with Gasteiger partial charge in [-0.15, -0.1) is 0 Å². The number of hydrazine groups is 1. The Kier molecular flexibility index (Phi) is 6.39. The summed E-state index contributed by atoms with van der Waals surface area (Å²) < 4.78 is 6.51. The van der Waals surface area contributed by atoms with Crippen LogP contribution in [0.15, 0.2) is 53.3 Å². The summed E-state index contributed by atoms with van der Waals surface area (Å²) in [4.78, 5) is 41.3. The average molecular weight is 447 g/mol. The molecule has 0 radical (unpaired) electrons. The van der Waals surface area contributed by atoms with Crippen LogP contribution in [0.1, 0.15) is 47.2 Å². The van der Waals surface area contributed by atoms with Gasteiger partial charge in [0.05, 0.1) is 12.5 Å². The van der Waals surface area contributed by atoms with Gasteiger partial charge in [0.1, 0.15) is 11.4 Å². The number of aryl methyl sites for hydroxylation is 1. The number of rotatable bonds is 7. The third-order valence-electron chi connectivity index (χ3n) is 5.42. The highest BCUT2D eigenvalue weighted by molar-refractivity contribution is 6.06. The van der Waals surface area contributed by atoms with Gasteiger partial charge in [-0.2, -0.15) is 5.10 Å². The first-order valence-corrected chi connectivity index (χ1v) is 10.8. The lowest BCUT2D eigenvalue weighted by Crippen LogP contribution is -2.43. The van der Waals surface area contributed by atoms with Gasteiger partial charge in [-0.3, -0.25) is 25.2 Å². The Bertz CT molecular complexity index is 1390. The largest absolute Gasteiger partial charge is 0.497 e. The van der Waals surface area contributed by atoms with E-state index in [0.717, 1.165) is 30.2 Å². The molecule has 2 amide bonds. The molecular weight excluding hydrogens is 422 g/mol. The lowest BCUT2D eigenvalue weighted by atomic mass is 10.1. The molecule has 0 saturated heterocycles. The molecule has 0 aliphatic carbocycles. The Morgan fingerprint density at radius 2 is 1.79 bits per heavy atom. The summed E-state index contributed by atoms with van der Waals surface area (Å²) in [7, 11) is 1.57. The van der Waals surface area contributed by atoms with E-state index in [9.17, 15) is 14.4 Å². The number of carbonyl (C=O) groups excluding carboxylic acids is 2. The fourth-order valence-electron chi connectivity index (χ4n) is 3.66. The smallest absolute Gasteiger partial charge is 0.290 e. The van der Waals surface area contributed by atoms with Crippen molar-refractivity contribution in [3.63, 3.8) is 0 Å². The SMILES string of the molecule is CCCCCn1nc(C(=O)NNC(=O)c2cc3ccc(OC)cc3[nH]2)c2ccccc2c1=O. The van der Waals surface area contributed by atoms with Crippen LogP contribution in [0.2, 0.25) is 0 Å². The summed E-state index contributed by atoms with van der Waals surface area (Å²) in [6.45, 7) is 2.49. The van der Waals surface area contributed by atoms with Crippen molar-refractivity contribution in [3.05, 3.63) is 70.3 Å². The maximum atomic E-state index is 12.9. The Labute approximate surface area is 189 Å². The van der Waals surface area contributed by atoms with Gasteiger partial charge in [0.25, 0.3) is 17.4 Å². The normalized spacial score (nSPS) is 11.0. The Balaban J connectivity index is 1.55. The van der Waals surface area contributed by atoms with Crippen LogP contribution < -0.4 is 21.1 Å². The number of hydrogen-bond acceptors (Lipinski definition) is 5. The molecule has 2 heterocycles. The quantitative estimate of drug-likeness (QED) is 0.297. The first-order chi connectivity index (χ1) is 16.0. The second-order valence-corrected chi connectivity index (χ2v) is 7.67. The van der Waals surface area contributed by atoms with E-state index in [2.05, 4.69) is 27.9 Å². The van der Waals surface area contributed by atoms with Gasteiger partial charge < -0.3 is 9.72 Å². The maximum absolute atomic E-state index is 12.9. The Hall–Kier alpha value is -4.14. The van der Waals surface area contributed by atoms with E-state index in [4.69, 9.17) is 4.74 Å². The third kappa shape index (κ3) is 4.57.